The van der Waals surface area contributed by atoms with Crippen LogP contribution in [-0.4, -0.2) is 73.1 Å². The number of hydrogen-bond acceptors (Lipinski definition) is 3. The molecule has 28 heavy (non-hydrogen) atoms. The normalized spacial score (nSPS) is 24.6. The Bertz CT molecular complexity index is 378. The largest absolute Gasteiger partial charge is 0.301 e. The van der Waals surface area contributed by atoms with E-state index in [-0.39, 0.29) is 0 Å². The second-order valence-electron chi connectivity index (χ2n) is 9.94. The molecule has 3 heteroatoms. The van der Waals surface area contributed by atoms with E-state index in [1.807, 2.05) is 0 Å². The molecule has 3 nitrogen and oxygen atoms in total. The highest BCUT2D eigenvalue weighted by Crippen LogP contribution is 2.23. The Morgan fingerprint density at radius 2 is 1.46 bits per heavy atom. The third-order valence-corrected chi connectivity index (χ3v) is 7.20. The summed E-state index contributed by atoms with van der Waals surface area (Å²) in [7, 11) is 0. The molecule has 166 valence electrons. The molecule has 0 aromatic heterocycles. The van der Waals surface area contributed by atoms with Crippen LogP contribution in [-0.2, 0) is 0 Å². The lowest BCUT2D eigenvalue weighted by atomic mass is 9.95. The fourth-order valence-corrected chi connectivity index (χ4v) is 5.57. The summed E-state index contributed by atoms with van der Waals surface area (Å²) in [4.78, 5) is 8.34. The van der Waals surface area contributed by atoms with Crippen molar-refractivity contribution < 1.29 is 0 Å². The summed E-state index contributed by atoms with van der Waals surface area (Å²) < 4.78 is 0. The minimum Gasteiger partial charge on any atom is -0.301 e. The van der Waals surface area contributed by atoms with E-state index < -0.39 is 0 Å². The quantitative estimate of drug-likeness (QED) is 0.361. The molecule has 3 atom stereocenters. The minimum absolute atomic E-state index is 0.831. The predicted molar refractivity (Wildman–Crippen MR) is 124 cm³/mol. The van der Waals surface area contributed by atoms with Crippen molar-refractivity contribution in [1.29, 1.82) is 0 Å². The van der Waals surface area contributed by atoms with E-state index in [9.17, 15) is 0 Å². The van der Waals surface area contributed by atoms with Crippen molar-refractivity contribution in [2.75, 3.05) is 52.4 Å². The molecule has 0 saturated carbocycles. The second-order valence-corrected chi connectivity index (χ2v) is 9.94. The van der Waals surface area contributed by atoms with Crippen LogP contribution in [0.2, 0.25) is 0 Å². The van der Waals surface area contributed by atoms with Gasteiger partial charge in [0.1, 0.15) is 0 Å². The molecule has 0 amide bonds. The van der Waals surface area contributed by atoms with E-state index in [0.717, 1.165) is 17.9 Å². The molecule has 2 aliphatic rings. The molecule has 0 spiro atoms. The number of likely N-dealkylation sites (tertiary alicyclic amines) is 1. The molecule has 0 aromatic carbocycles. The van der Waals surface area contributed by atoms with Crippen molar-refractivity contribution >= 4 is 0 Å². The lowest BCUT2D eigenvalue weighted by Crippen LogP contribution is -2.51. The Morgan fingerprint density at radius 1 is 0.714 bits per heavy atom. The first-order chi connectivity index (χ1) is 13.7. The number of piperazine rings is 1. The summed E-state index contributed by atoms with van der Waals surface area (Å²) in [5.74, 6) is 1.81. The first-order valence-electron chi connectivity index (χ1n) is 12.8. The van der Waals surface area contributed by atoms with Crippen molar-refractivity contribution in [2.45, 2.75) is 97.9 Å². The Labute approximate surface area is 177 Å². The number of unbranched alkanes of at least 4 members (excludes halogenated alkanes) is 3. The molecule has 2 rings (SSSR count). The molecule has 2 unspecified atom stereocenters. The summed E-state index contributed by atoms with van der Waals surface area (Å²) in [5.41, 5.74) is 0. The zero-order valence-corrected chi connectivity index (χ0v) is 19.8. The SMILES string of the molecule is CCCCCCC(CCC)CN1CC[C@H](N2CCN(CC(C)CCC)CC2)C1. The van der Waals surface area contributed by atoms with Crippen molar-refractivity contribution in [2.24, 2.45) is 11.8 Å². The smallest absolute Gasteiger partial charge is 0.0236 e. The van der Waals surface area contributed by atoms with E-state index in [0.29, 0.717) is 0 Å². The molecule has 0 bridgehead atoms. The van der Waals surface area contributed by atoms with Crippen LogP contribution in [0.15, 0.2) is 0 Å². The van der Waals surface area contributed by atoms with Gasteiger partial charge in [0.2, 0.25) is 0 Å². The standard InChI is InChI=1S/C25H51N3/c1-5-8-9-10-13-24(12-7-3)21-27-15-14-25(22-27)28-18-16-26(17-19-28)20-23(4)11-6-2/h23-25H,5-22H2,1-4H3/t23?,24?,25-/m0/s1. The average Bonchev–Trinajstić information content (AvgIpc) is 3.14. The van der Waals surface area contributed by atoms with Crippen LogP contribution in [0, 0.1) is 11.8 Å². The van der Waals surface area contributed by atoms with Crippen molar-refractivity contribution in [3.05, 3.63) is 0 Å². The third-order valence-electron chi connectivity index (χ3n) is 7.20. The summed E-state index contributed by atoms with van der Waals surface area (Å²) in [6, 6.07) is 0.831. The molecule has 2 aliphatic heterocycles. The first kappa shape index (κ1) is 24.2. The Hall–Kier alpha value is -0.120. The van der Waals surface area contributed by atoms with Gasteiger partial charge in [0.25, 0.3) is 0 Å². The number of nitrogens with zero attached hydrogens (tertiary/aromatic N) is 3. The maximum Gasteiger partial charge on any atom is 0.0236 e. The maximum atomic E-state index is 2.82. The summed E-state index contributed by atoms with van der Waals surface area (Å²) >= 11 is 0. The highest BCUT2D eigenvalue weighted by Gasteiger charge is 2.30. The van der Waals surface area contributed by atoms with Crippen molar-refractivity contribution in [3.8, 4) is 0 Å². The highest BCUT2D eigenvalue weighted by atomic mass is 15.3. The summed E-state index contributed by atoms with van der Waals surface area (Å²) in [6.07, 6.45) is 14.0. The minimum atomic E-state index is 0.831. The fourth-order valence-electron chi connectivity index (χ4n) is 5.57. The topological polar surface area (TPSA) is 9.72 Å². The Morgan fingerprint density at radius 3 is 2.14 bits per heavy atom. The molecule has 0 N–H and O–H groups in total. The molecule has 0 aromatic rings. The predicted octanol–water partition coefficient (Wildman–Crippen LogP) is 5.50. The summed E-state index contributed by atoms with van der Waals surface area (Å²) in [6.45, 7) is 20.0. The van der Waals surface area contributed by atoms with Gasteiger partial charge >= 0.3 is 0 Å². The van der Waals surface area contributed by atoms with Gasteiger partial charge < -0.3 is 9.80 Å². The third kappa shape index (κ3) is 8.71. The van der Waals surface area contributed by atoms with Gasteiger partial charge in [-0.3, -0.25) is 4.90 Å². The van der Waals surface area contributed by atoms with Crippen LogP contribution >= 0.6 is 0 Å². The molecule has 0 aliphatic carbocycles. The number of rotatable bonds is 14. The van der Waals surface area contributed by atoms with Crippen LogP contribution in [0.5, 0.6) is 0 Å². The average molecular weight is 394 g/mol. The van der Waals surface area contributed by atoms with Gasteiger partial charge in [-0.1, -0.05) is 66.2 Å². The van der Waals surface area contributed by atoms with E-state index in [2.05, 4.69) is 42.4 Å². The lowest BCUT2D eigenvalue weighted by Gasteiger charge is -2.39. The van der Waals surface area contributed by atoms with Crippen LogP contribution in [0.1, 0.15) is 91.9 Å². The van der Waals surface area contributed by atoms with Crippen LogP contribution < -0.4 is 0 Å². The molecule has 2 heterocycles. The van der Waals surface area contributed by atoms with Gasteiger partial charge in [0.05, 0.1) is 0 Å². The molecular formula is C25H51N3. The van der Waals surface area contributed by atoms with Crippen molar-refractivity contribution in [3.63, 3.8) is 0 Å². The van der Waals surface area contributed by atoms with Crippen molar-refractivity contribution in [1.82, 2.24) is 14.7 Å². The number of hydrogen-bond donors (Lipinski definition) is 0. The molecular weight excluding hydrogens is 342 g/mol. The lowest BCUT2D eigenvalue weighted by molar-refractivity contribution is 0.0871. The maximum absolute atomic E-state index is 2.82. The van der Waals surface area contributed by atoms with E-state index >= 15 is 0 Å². The zero-order valence-electron chi connectivity index (χ0n) is 19.8. The van der Waals surface area contributed by atoms with E-state index in [1.54, 1.807) is 0 Å². The van der Waals surface area contributed by atoms with Crippen LogP contribution in [0.4, 0.5) is 0 Å². The monoisotopic (exact) mass is 393 g/mol. The first-order valence-corrected chi connectivity index (χ1v) is 12.8. The van der Waals surface area contributed by atoms with Crippen LogP contribution in [0.25, 0.3) is 0 Å². The molecule has 0 radical (unpaired) electrons. The van der Waals surface area contributed by atoms with Crippen LogP contribution in [0.3, 0.4) is 0 Å². The van der Waals surface area contributed by atoms with Gasteiger partial charge in [-0.2, -0.15) is 0 Å². The van der Waals surface area contributed by atoms with Gasteiger partial charge in [0.15, 0.2) is 0 Å². The highest BCUT2D eigenvalue weighted by molar-refractivity contribution is 4.87. The van der Waals surface area contributed by atoms with Gasteiger partial charge in [0, 0.05) is 51.9 Å². The van der Waals surface area contributed by atoms with E-state index in [1.165, 1.54) is 117 Å². The Kier molecular flexibility index (Phi) is 12.1. The second kappa shape index (κ2) is 14.0. The zero-order chi connectivity index (χ0) is 20.2. The fraction of sp³-hybridized carbons (Fsp3) is 1.00. The molecule has 2 fully saturated rings. The van der Waals surface area contributed by atoms with Gasteiger partial charge in [-0.15, -0.1) is 0 Å². The summed E-state index contributed by atoms with van der Waals surface area (Å²) in [5, 5.41) is 0. The van der Waals surface area contributed by atoms with E-state index in [4.69, 9.17) is 0 Å². The van der Waals surface area contributed by atoms with Gasteiger partial charge in [-0.25, -0.2) is 0 Å². The van der Waals surface area contributed by atoms with Gasteiger partial charge in [-0.05, 0) is 44.1 Å². The molecule has 2 saturated heterocycles. The Balaban J connectivity index is 1.67.